The van der Waals surface area contributed by atoms with Crippen molar-refractivity contribution >= 4 is 17.6 Å². The predicted octanol–water partition coefficient (Wildman–Crippen LogP) is 3.28. The minimum atomic E-state index is 0.506. The number of hydrogen-bond donors (Lipinski definition) is 1. The Morgan fingerprint density at radius 1 is 1.10 bits per heavy atom. The highest BCUT2D eigenvalue weighted by atomic mass is 32.1. The minimum Gasteiger partial charge on any atom is -0.239 e. The molecule has 0 amide bonds. The lowest BCUT2D eigenvalue weighted by molar-refractivity contribution is 0.675. The second-order valence-electron chi connectivity index (χ2n) is 6.22. The van der Waals surface area contributed by atoms with Crippen molar-refractivity contribution in [1.29, 1.82) is 0 Å². The van der Waals surface area contributed by atoms with Crippen LogP contribution < -0.4 is 0 Å². The molecule has 0 fully saturated rings. The normalized spacial score (nSPS) is 10.4. The molecule has 29 heavy (non-hydrogen) atoms. The summed E-state index contributed by atoms with van der Waals surface area (Å²) < 4.78 is 1.78. The Morgan fingerprint density at radius 3 is 2.59 bits per heavy atom. The second kappa shape index (κ2) is 8.54. The molecule has 0 saturated heterocycles. The number of aromatic nitrogens is 7. The smallest absolute Gasteiger partial charge is 0.204 e. The first-order valence-corrected chi connectivity index (χ1v) is 9.57. The van der Waals surface area contributed by atoms with Crippen LogP contribution in [0.25, 0.3) is 22.5 Å². The van der Waals surface area contributed by atoms with Gasteiger partial charge in [-0.15, -0.1) is 10.2 Å². The van der Waals surface area contributed by atoms with E-state index >= 15 is 0 Å². The van der Waals surface area contributed by atoms with Crippen molar-refractivity contribution in [3.63, 3.8) is 0 Å². The molecule has 0 saturated carbocycles. The Morgan fingerprint density at radius 2 is 1.90 bits per heavy atom. The lowest BCUT2D eigenvalue weighted by Gasteiger charge is -2.08. The fraction of sp³-hybridized carbons (Fsp3) is 0.143. The van der Waals surface area contributed by atoms with E-state index in [1.165, 1.54) is 5.37 Å². The first-order valence-electron chi connectivity index (χ1n) is 9.10. The van der Waals surface area contributed by atoms with Gasteiger partial charge in [0, 0.05) is 17.4 Å². The van der Waals surface area contributed by atoms with Crippen LogP contribution in [-0.4, -0.2) is 40.8 Å². The van der Waals surface area contributed by atoms with Crippen LogP contribution in [0.5, 0.6) is 0 Å². The maximum atomic E-state index is 4.96. The van der Waals surface area contributed by atoms with Crippen molar-refractivity contribution in [1.82, 2.24) is 35.4 Å². The molecule has 0 aliphatic heterocycles. The zero-order valence-corrected chi connectivity index (χ0v) is 16.5. The molecule has 0 spiro atoms. The number of nitrogens with one attached hydrogen (secondary N) is 1. The summed E-state index contributed by atoms with van der Waals surface area (Å²) in [7, 11) is 0. The number of thiocarbonyl (C=S) groups is 1. The monoisotopic (exact) mass is 399 g/mol. The van der Waals surface area contributed by atoms with Crippen LogP contribution in [0.2, 0.25) is 0 Å². The fourth-order valence-corrected chi connectivity index (χ4v) is 3.06. The minimum absolute atomic E-state index is 0.506. The van der Waals surface area contributed by atoms with Crippen LogP contribution in [-0.2, 0) is 6.54 Å². The highest BCUT2D eigenvalue weighted by Gasteiger charge is 2.11. The standard InChI is InChI=1S/C21H17N7S/c1-2-3-8-20-22-19(14-29)25-28(20)13-15-9-11-16(12-10-15)17-6-4-5-7-18(17)21-23-26-27-24-21/h4-7,9-12,14H,2,13H2,1H3,(H,23,24,26,27). The Bertz CT molecular complexity index is 1180. The van der Waals surface area contributed by atoms with Gasteiger partial charge in [-0.3, -0.25) is 0 Å². The highest BCUT2D eigenvalue weighted by molar-refractivity contribution is 7.79. The van der Waals surface area contributed by atoms with E-state index < -0.39 is 0 Å². The van der Waals surface area contributed by atoms with Gasteiger partial charge in [-0.2, -0.15) is 4.98 Å². The van der Waals surface area contributed by atoms with Crippen molar-refractivity contribution in [2.45, 2.75) is 19.9 Å². The molecule has 0 aliphatic carbocycles. The summed E-state index contributed by atoms with van der Waals surface area (Å²) in [5.41, 5.74) is 4.16. The summed E-state index contributed by atoms with van der Waals surface area (Å²) in [6.45, 7) is 2.57. The van der Waals surface area contributed by atoms with E-state index in [1.807, 2.05) is 25.1 Å². The maximum Gasteiger partial charge on any atom is 0.204 e. The predicted molar refractivity (Wildman–Crippen MR) is 114 cm³/mol. The Balaban J connectivity index is 1.62. The molecule has 4 rings (SSSR count). The Labute approximate surface area is 173 Å². The summed E-state index contributed by atoms with van der Waals surface area (Å²) in [5.74, 6) is 7.85. The molecular formula is C21H17N7S. The maximum absolute atomic E-state index is 4.96. The van der Waals surface area contributed by atoms with Crippen LogP contribution >= 0.6 is 12.2 Å². The van der Waals surface area contributed by atoms with Crippen LogP contribution in [0.1, 0.15) is 30.6 Å². The third-order valence-electron chi connectivity index (χ3n) is 4.30. The molecule has 8 heteroatoms. The number of aromatic amines is 1. The van der Waals surface area contributed by atoms with Crippen molar-refractivity contribution in [3.05, 3.63) is 65.7 Å². The van der Waals surface area contributed by atoms with E-state index in [1.54, 1.807) is 4.68 Å². The molecule has 1 N–H and O–H groups in total. The largest absolute Gasteiger partial charge is 0.239 e. The van der Waals surface area contributed by atoms with E-state index in [9.17, 15) is 0 Å². The Hall–Kier alpha value is -3.70. The number of hydrogen-bond acceptors (Lipinski definition) is 6. The van der Waals surface area contributed by atoms with E-state index in [-0.39, 0.29) is 0 Å². The van der Waals surface area contributed by atoms with E-state index in [2.05, 4.69) is 72.9 Å². The number of tetrazole rings is 1. The summed E-state index contributed by atoms with van der Waals surface area (Å²) in [6.07, 6.45) is 0.759. The average molecular weight is 399 g/mol. The van der Waals surface area contributed by atoms with Gasteiger partial charge in [0.25, 0.3) is 0 Å². The van der Waals surface area contributed by atoms with Gasteiger partial charge in [0.15, 0.2) is 11.6 Å². The van der Waals surface area contributed by atoms with Gasteiger partial charge in [0.1, 0.15) is 0 Å². The average Bonchev–Trinajstić information content (AvgIpc) is 3.43. The third kappa shape index (κ3) is 4.10. The van der Waals surface area contributed by atoms with Gasteiger partial charge in [-0.05, 0) is 33.0 Å². The van der Waals surface area contributed by atoms with E-state index in [0.717, 1.165) is 28.7 Å². The number of benzene rings is 2. The van der Waals surface area contributed by atoms with Crippen LogP contribution in [0, 0.1) is 11.8 Å². The van der Waals surface area contributed by atoms with Gasteiger partial charge in [-0.1, -0.05) is 73.6 Å². The summed E-state index contributed by atoms with van der Waals surface area (Å²) in [6, 6.07) is 16.3. The Kier molecular flexibility index (Phi) is 5.49. The lowest BCUT2D eigenvalue weighted by atomic mass is 9.98. The molecule has 0 radical (unpaired) electrons. The number of rotatable bonds is 5. The van der Waals surface area contributed by atoms with Crippen LogP contribution in [0.4, 0.5) is 0 Å². The summed E-state index contributed by atoms with van der Waals surface area (Å²) >= 11 is 4.96. The zero-order chi connectivity index (χ0) is 20.1. The fourth-order valence-electron chi connectivity index (χ4n) is 2.96. The van der Waals surface area contributed by atoms with Gasteiger partial charge in [0.05, 0.1) is 6.54 Å². The van der Waals surface area contributed by atoms with Gasteiger partial charge >= 0.3 is 0 Å². The van der Waals surface area contributed by atoms with E-state index in [0.29, 0.717) is 24.0 Å². The topological polar surface area (TPSA) is 85.2 Å². The molecule has 0 atom stereocenters. The molecule has 4 aromatic rings. The van der Waals surface area contributed by atoms with Crippen molar-refractivity contribution < 1.29 is 0 Å². The van der Waals surface area contributed by atoms with Crippen LogP contribution in [0.3, 0.4) is 0 Å². The molecule has 142 valence electrons. The molecule has 2 aromatic heterocycles. The summed E-state index contributed by atoms with van der Waals surface area (Å²) in [5, 5.41) is 20.1. The second-order valence-corrected chi connectivity index (χ2v) is 6.45. The molecule has 2 heterocycles. The van der Waals surface area contributed by atoms with Crippen molar-refractivity contribution in [2.24, 2.45) is 0 Å². The van der Waals surface area contributed by atoms with Crippen molar-refractivity contribution in [2.75, 3.05) is 0 Å². The third-order valence-corrected chi connectivity index (χ3v) is 4.51. The van der Waals surface area contributed by atoms with Gasteiger partial charge in [0.2, 0.25) is 5.82 Å². The molecule has 0 aliphatic rings. The van der Waals surface area contributed by atoms with Gasteiger partial charge in [-0.25, -0.2) is 9.78 Å². The van der Waals surface area contributed by atoms with Gasteiger partial charge < -0.3 is 0 Å². The molecule has 7 nitrogen and oxygen atoms in total. The molecule has 0 unspecified atom stereocenters. The molecular weight excluding hydrogens is 382 g/mol. The molecule has 0 bridgehead atoms. The van der Waals surface area contributed by atoms with E-state index in [4.69, 9.17) is 12.2 Å². The number of H-pyrrole nitrogens is 1. The quantitative estimate of drug-likeness (QED) is 0.409. The SMILES string of the molecule is CCC#Cc1nc(C=S)nn1Cc1ccc(-c2ccccc2-c2nnn[nH]2)cc1. The zero-order valence-electron chi connectivity index (χ0n) is 15.7. The van der Waals surface area contributed by atoms with Crippen molar-refractivity contribution in [3.8, 4) is 34.4 Å². The summed E-state index contributed by atoms with van der Waals surface area (Å²) in [4.78, 5) is 4.36. The number of nitrogens with zero attached hydrogens (tertiary/aromatic N) is 6. The first kappa shape index (κ1) is 18.7. The first-order chi connectivity index (χ1) is 14.3. The molecule has 2 aromatic carbocycles. The lowest BCUT2D eigenvalue weighted by Crippen LogP contribution is -2.05. The van der Waals surface area contributed by atoms with Crippen LogP contribution in [0.15, 0.2) is 48.5 Å². The highest BCUT2D eigenvalue weighted by Crippen LogP contribution is 2.29.